The monoisotopic (exact) mass is 371 g/mol. The van der Waals surface area contributed by atoms with Gasteiger partial charge in [-0.15, -0.1) is 0 Å². The summed E-state index contributed by atoms with van der Waals surface area (Å²) in [5.74, 6) is 0.924. The van der Waals surface area contributed by atoms with Gasteiger partial charge in [0.05, 0.1) is 6.04 Å². The highest BCUT2D eigenvalue weighted by molar-refractivity contribution is 9.10. The van der Waals surface area contributed by atoms with Crippen LogP contribution in [0.5, 0.6) is 0 Å². The predicted octanol–water partition coefficient (Wildman–Crippen LogP) is 4.89. The summed E-state index contributed by atoms with van der Waals surface area (Å²) in [5, 5.41) is 3.51. The summed E-state index contributed by atoms with van der Waals surface area (Å²) in [6.45, 7) is 3.11. The topological polar surface area (TPSA) is 25.2 Å². The van der Waals surface area contributed by atoms with E-state index in [9.17, 15) is 0 Å². The molecule has 0 amide bonds. The third-order valence-electron chi connectivity index (χ3n) is 2.66. The van der Waals surface area contributed by atoms with Crippen LogP contribution in [0.25, 0.3) is 0 Å². The van der Waals surface area contributed by atoms with E-state index < -0.39 is 0 Å². The lowest BCUT2D eigenvalue weighted by molar-refractivity contribution is 0.433. The van der Waals surface area contributed by atoms with E-state index in [4.69, 9.17) is 4.42 Å². The minimum Gasteiger partial charge on any atom is -0.452 e. The fourth-order valence-corrected chi connectivity index (χ4v) is 2.58. The number of halogens is 2. The van der Waals surface area contributed by atoms with E-state index in [1.807, 2.05) is 24.3 Å². The van der Waals surface area contributed by atoms with Gasteiger partial charge in [-0.3, -0.25) is 0 Å². The second-order valence-corrected chi connectivity index (χ2v) is 5.78. The number of nitrogens with one attached hydrogen (secondary N) is 1. The van der Waals surface area contributed by atoms with Crippen LogP contribution in [0.3, 0.4) is 0 Å². The molecule has 0 radical (unpaired) electrons. The van der Waals surface area contributed by atoms with Crippen LogP contribution in [0.15, 0.2) is 50.0 Å². The van der Waals surface area contributed by atoms with Crippen LogP contribution in [0, 0.1) is 0 Å². The molecule has 1 heterocycles. The maximum Gasteiger partial charge on any atom is 0.169 e. The zero-order valence-electron chi connectivity index (χ0n) is 10.1. The molecule has 18 heavy (non-hydrogen) atoms. The van der Waals surface area contributed by atoms with Gasteiger partial charge in [-0.05, 0) is 58.7 Å². The molecule has 1 atom stereocenters. The normalized spacial score (nSPS) is 12.6. The van der Waals surface area contributed by atoms with E-state index in [2.05, 4.69) is 56.2 Å². The molecule has 1 aromatic carbocycles. The van der Waals surface area contributed by atoms with Gasteiger partial charge < -0.3 is 9.73 Å². The van der Waals surface area contributed by atoms with E-state index >= 15 is 0 Å². The molecule has 1 unspecified atom stereocenters. The molecule has 96 valence electrons. The Morgan fingerprint density at radius 2 is 2.06 bits per heavy atom. The standard InChI is InChI=1S/C14H15Br2NO/c1-2-8-17-14(12-6-7-13(16)18-12)10-4-3-5-11(15)9-10/h3-7,9,14,17H,2,8H2,1H3. The van der Waals surface area contributed by atoms with Crippen LogP contribution in [-0.2, 0) is 0 Å². The van der Waals surface area contributed by atoms with Crippen LogP contribution in [0.2, 0.25) is 0 Å². The molecule has 2 nitrogen and oxygen atoms in total. The maximum absolute atomic E-state index is 5.68. The summed E-state index contributed by atoms with van der Waals surface area (Å²) >= 11 is 6.86. The van der Waals surface area contributed by atoms with Crippen molar-refractivity contribution in [2.75, 3.05) is 6.54 Å². The van der Waals surface area contributed by atoms with E-state index in [1.165, 1.54) is 5.56 Å². The Morgan fingerprint density at radius 1 is 1.22 bits per heavy atom. The predicted molar refractivity (Wildman–Crippen MR) is 80.7 cm³/mol. The summed E-state index contributed by atoms with van der Waals surface area (Å²) in [5.41, 5.74) is 1.19. The van der Waals surface area contributed by atoms with Gasteiger partial charge in [0, 0.05) is 4.47 Å². The van der Waals surface area contributed by atoms with Crippen molar-refractivity contribution in [3.8, 4) is 0 Å². The summed E-state index contributed by atoms with van der Waals surface area (Å²) in [4.78, 5) is 0. The highest BCUT2D eigenvalue weighted by Gasteiger charge is 2.17. The van der Waals surface area contributed by atoms with Crippen LogP contribution in [0.4, 0.5) is 0 Å². The zero-order valence-corrected chi connectivity index (χ0v) is 13.3. The Hall–Kier alpha value is -0.580. The Balaban J connectivity index is 2.30. The van der Waals surface area contributed by atoms with Gasteiger partial charge in [-0.2, -0.15) is 0 Å². The fourth-order valence-electron chi connectivity index (χ4n) is 1.84. The van der Waals surface area contributed by atoms with Gasteiger partial charge in [0.2, 0.25) is 0 Å². The Bertz CT molecular complexity index is 510. The van der Waals surface area contributed by atoms with E-state index in [1.54, 1.807) is 0 Å². The zero-order chi connectivity index (χ0) is 13.0. The molecule has 0 aliphatic carbocycles. The second kappa shape index (κ2) is 6.55. The minimum atomic E-state index is 0.0914. The van der Waals surface area contributed by atoms with Gasteiger partial charge in [0.1, 0.15) is 5.76 Å². The van der Waals surface area contributed by atoms with Crippen molar-refractivity contribution < 1.29 is 4.42 Å². The third kappa shape index (κ3) is 3.46. The van der Waals surface area contributed by atoms with E-state index in [0.717, 1.165) is 27.9 Å². The van der Waals surface area contributed by atoms with Crippen LogP contribution >= 0.6 is 31.9 Å². The van der Waals surface area contributed by atoms with Gasteiger partial charge >= 0.3 is 0 Å². The first-order valence-corrected chi connectivity index (χ1v) is 7.53. The van der Waals surface area contributed by atoms with E-state index in [-0.39, 0.29) is 6.04 Å². The molecule has 0 bridgehead atoms. The van der Waals surface area contributed by atoms with E-state index in [0.29, 0.717) is 0 Å². The smallest absolute Gasteiger partial charge is 0.169 e. The molecule has 0 aliphatic rings. The van der Waals surface area contributed by atoms with Crippen molar-refractivity contribution in [2.24, 2.45) is 0 Å². The highest BCUT2D eigenvalue weighted by atomic mass is 79.9. The SMILES string of the molecule is CCCNC(c1cccc(Br)c1)c1ccc(Br)o1. The molecule has 1 N–H and O–H groups in total. The third-order valence-corrected chi connectivity index (χ3v) is 3.58. The largest absolute Gasteiger partial charge is 0.452 e. The van der Waals surface area contributed by atoms with Crippen molar-refractivity contribution in [3.05, 3.63) is 56.9 Å². The molecule has 2 aromatic rings. The maximum atomic E-state index is 5.68. The van der Waals surface area contributed by atoms with Crippen LogP contribution in [0.1, 0.15) is 30.7 Å². The number of furan rings is 1. The summed E-state index contributed by atoms with van der Waals surface area (Å²) in [6.07, 6.45) is 1.09. The molecule has 4 heteroatoms. The molecule has 0 saturated carbocycles. The first kappa shape index (κ1) is 13.8. The van der Waals surface area contributed by atoms with Gasteiger partial charge in [0.25, 0.3) is 0 Å². The lowest BCUT2D eigenvalue weighted by atomic mass is 10.0. The molecule has 2 rings (SSSR count). The van der Waals surface area contributed by atoms with Crippen molar-refractivity contribution in [2.45, 2.75) is 19.4 Å². The summed E-state index contributed by atoms with van der Waals surface area (Å²) < 4.78 is 7.51. The highest BCUT2D eigenvalue weighted by Crippen LogP contribution is 2.27. The van der Waals surface area contributed by atoms with Crippen molar-refractivity contribution in [1.82, 2.24) is 5.32 Å². The number of rotatable bonds is 5. The lowest BCUT2D eigenvalue weighted by Gasteiger charge is -2.17. The Labute approximate surface area is 124 Å². The molecule has 1 aromatic heterocycles. The quantitative estimate of drug-likeness (QED) is 0.807. The average molecular weight is 373 g/mol. The van der Waals surface area contributed by atoms with Gasteiger partial charge in [-0.25, -0.2) is 0 Å². The average Bonchev–Trinajstić information content (AvgIpc) is 2.76. The molecule has 0 aliphatic heterocycles. The van der Waals surface area contributed by atoms with Gasteiger partial charge in [0.15, 0.2) is 4.67 Å². The molecule has 0 spiro atoms. The summed E-state index contributed by atoms with van der Waals surface area (Å²) in [7, 11) is 0. The molecule has 0 fully saturated rings. The number of benzene rings is 1. The number of hydrogen-bond donors (Lipinski definition) is 1. The summed E-state index contributed by atoms with van der Waals surface area (Å²) in [6, 6.07) is 12.3. The van der Waals surface area contributed by atoms with Crippen molar-refractivity contribution >= 4 is 31.9 Å². The van der Waals surface area contributed by atoms with Crippen LogP contribution < -0.4 is 5.32 Å². The van der Waals surface area contributed by atoms with Crippen molar-refractivity contribution in [3.63, 3.8) is 0 Å². The van der Waals surface area contributed by atoms with Crippen LogP contribution in [-0.4, -0.2) is 6.54 Å². The second-order valence-electron chi connectivity index (χ2n) is 4.08. The Morgan fingerprint density at radius 3 is 2.67 bits per heavy atom. The molecule has 0 saturated heterocycles. The lowest BCUT2D eigenvalue weighted by Crippen LogP contribution is -2.22. The molecular weight excluding hydrogens is 358 g/mol. The fraction of sp³-hybridized carbons (Fsp3) is 0.286. The molecular formula is C14H15Br2NO. The first-order chi connectivity index (χ1) is 8.70. The van der Waals surface area contributed by atoms with Gasteiger partial charge in [-0.1, -0.05) is 35.0 Å². The van der Waals surface area contributed by atoms with Crippen molar-refractivity contribution in [1.29, 1.82) is 0 Å². The Kier molecular flexibility index (Phi) is 5.03. The first-order valence-electron chi connectivity index (χ1n) is 5.94. The minimum absolute atomic E-state index is 0.0914. The number of hydrogen-bond acceptors (Lipinski definition) is 2.